The first-order chi connectivity index (χ1) is 14.3. The largest absolute Gasteiger partial charge is 0.487 e. The van der Waals surface area contributed by atoms with E-state index >= 15 is 0 Å². The van der Waals surface area contributed by atoms with Crippen LogP contribution in [0.25, 0.3) is 0 Å². The number of hydrogen-bond donors (Lipinski definition) is 0. The van der Waals surface area contributed by atoms with Gasteiger partial charge < -0.3 is 14.2 Å². The van der Waals surface area contributed by atoms with Crippen molar-refractivity contribution in [1.29, 1.82) is 0 Å². The summed E-state index contributed by atoms with van der Waals surface area (Å²) in [4.78, 5) is 11.7. The zero-order valence-corrected chi connectivity index (χ0v) is 18.0. The Morgan fingerprint density at radius 3 is 2.43 bits per heavy atom. The highest BCUT2D eigenvalue weighted by molar-refractivity contribution is 7.89. The molecule has 11 heteroatoms. The highest BCUT2D eigenvalue weighted by Gasteiger charge is 2.30. The molecule has 0 bridgehead atoms. The van der Waals surface area contributed by atoms with Crippen LogP contribution in [0.15, 0.2) is 41.3 Å². The zero-order chi connectivity index (χ0) is 21.7. The molecule has 7 nitrogen and oxygen atoms in total. The summed E-state index contributed by atoms with van der Waals surface area (Å²) in [5.41, 5.74) is -0.0981. The summed E-state index contributed by atoms with van der Waals surface area (Å²) in [6.45, 7) is 0.478. The molecule has 1 heterocycles. The van der Waals surface area contributed by atoms with Crippen molar-refractivity contribution >= 4 is 39.2 Å². The lowest BCUT2D eigenvalue weighted by Crippen LogP contribution is -2.41. The Labute approximate surface area is 183 Å². The fraction of sp³-hybridized carbons (Fsp3) is 0.316. The normalized spacial score (nSPS) is 15.0. The average Bonchev–Trinajstić information content (AvgIpc) is 2.73. The van der Waals surface area contributed by atoms with Crippen LogP contribution in [0.5, 0.6) is 5.75 Å². The summed E-state index contributed by atoms with van der Waals surface area (Å²) in [6.07, 6.45) is 0. The smallest absolute Gasteiger partial charge is 0.338 e. The van der Waals surface area contributed by atoms with E-state index in [1.165, 1.54) is 0 Å². The Morgan fingerprint density at radius 1 is 1.10 bits per heavy atom. The van der Waals surface area contributed by atoms with E-state index in [2.05, 4.69) is 0 Å². The monoisotopic (exact) mass is 477 g/mol. The van der Waals surface area contributed by atoms with E-state index in [0.717, 1.165) is 22.5 Å². The lowest BCUT2D eigenvalue weighted by Gasteiger charge is -2.26. The minimum absolute atomic E-state index is 0.0324. The van der Waals surface area contributed by atoms with Gasteiger partial charge in [0.1, 0.15) is 23.9 Å². The van der Waals surface area contributed by atoms with Crippen LogP contribution in [-0.4, -0.2) is 58.2 Å². The second-order valence-corrected chi connectivity index (χ2v) is 8.92. The summed E-state index contributed by atoms with van der Waals surface area (Å²) >= 11 is 12.0. The van der Waals surface area contributed by atoms with E-state index in [1.54, 1.807) is 18.2 Å². The van der Waals surface area contributed by atoms with Gasteiger partial charge in [-0.25, -0.2) is 17.6 Å². The Kier molecular flexibility index (Phi) is 7.54. The summed E-state index contributed by atoms with van der Waals surface area (Å²) < 4.78 is 56.3. The van der Waals surface area contributed by atoms with Crippen molar-refractivity contribution in [2.75, 3.05) is 39.5 Å². The van der Waals surface area contributed by atoms with Crippen molar-refractivity contribution < 1.29 is 31.8 Å². The first kappa shape index (κ1) is 22.8. The average molecular weight is 478 g/mol. The molecular formula is C19H18Cl2FNO6S. The lowest BCUT2D eigenvalue weighted by atomic mass is 10.2. The predicted octanol–water partition coefficient (Wildman–Crippen LogP) is 3.39. The van der Waals surface area contributed by atoms with Crippen LogP contribution in [0.1, 0.15) is 10.4 Å². The third kappa shape index (κ3) is 5.22. The van der Waals surface area contributed by atoms with Crippen LogP contribution < -0.4 is 4.74 Å². The van der Waals surface area contributed by atoms with E-state index in [4.69, 9.17) is 37.4 Å². The van der Waals surface area contributed by atoms with Crippen molar-refractivity contribution in [3.63, 3.8) is 0 Å². The molecule has 1 fully saturated rings. The topological polar surface area (TPSA) is 82.1 Å². The number of benzene rings is 2. The minimum atomic E-state index is -4.10. The Morgan fingerprint density at radius 2 is 1.77 bits per heavy atom. The summed E-state index contributed by atoms with van der Waals surface area (Å²) in [5.74, 6) is -1.51. The third-order valence-corrected chi connectivity index (χ3v) is 6.75. The molecule has 2 aromatic rings. The number of rotatable bonds is 7. The van der Waals surface area contributed by atoms with Gasteiger partial charge in [0.25, 0.3) is 0 Å². The number of carbonyl (C=O) groups excluding carboxylic acids is 1. The highest BCUT2D eigenvalue weighted by Crippen LogP contribution is 2.32. The number of carbonyl (C=O) groups is 1. The molecule has 0 aliphatic carbocycles. The molecule has 3 rings (SSSR count). The molecule has 0 radical (unpaired) electrons. The molecule has 0 N–H and O–H groups in total. The number of para-hydroxylation sites is 1. The van der Waals surface area contributed by atoms with Crippen LogP contribution >= 0.6 is 23.2 Å². The number of nitrogens with zero attached hydrogens (tertiary/aromatic N) is 1. The van der Waals surface area contributed by atoms with E-state index in [1.807, 2.05) is 0 Å². The fourth-order valence-corrected chi connectivity index (χ4v) is 4.74. The van der Waals surface area contributed by atoms with Crippen LogP contribution in [-0.2, 0) is 19.5 Å². The standard InChI is InChI=1S/C19H18Cl2FNO6S/c20-14-2-1-3-15(21)18(14)28-10-11-29-19(24)13-4-5-16(22)17(12-13)30(25,26)23-6-8-27-9-7-23/h1-5,12H,6-11H2. The Bertz CT molecular complexity index is 1010. The number of hydrogen-bond acceptors (Lipinski definition) is 6. The first-order valence-electron chi connectivity index (χ1n) is 8.92. The number of halogens is 3. The second-order valence-electron chi connectivity index (χ2n) is 6.20. The van der Waals surface area contributed by atoms with Crippen molar-refractivity contribution in [1.82, 2.24) is 4.31 Å². The van der Waals surface area contributed by atoms with Crippen molar-refractivity contribution in [2.24, 2.45) is 0 Å². The van der Waals surface area contributed by atoms with Gasteiger partial charge in [-0.2, -0.15) is 4.31 Å². The molecule has 0 unspecified atom stereocenters. The van der Waals surface area contributed by atoms with Crippen molar-refractivity contribution in [3.05, 3.63) is 57.8 Å². The maximum atomic E-state index is 14.2. The molecule has 0 amide bonds. The maximum Gasteiger partial charge on any atom is 0.338 e. The van der Waals surface area contributed by atoms with Gasteiger partial charge in [0.05, 0.1) is 28.8 Å². The van der Waals surface area contributed by atoms with Gasteiger partial charge in [-0.3, -0.25) is 0 Å². The number of ether oxygens (including phenoxy) is 3. The van der Waals surface area contributed by atoms with Gasteiger partial charge in [0, 0.05) is 13.1 Å². The molecule has 1 saturated heterocycles. The maximum absolute atomic E-state index is 14.2. The van der Waals surface area contributed by atoms with Crippen molar-refractivity contribution in [3.8, 4) is 5.75 Å². The molecule has 0 saturated carbocycles. The van der Waals surface area contributed by atoms with Gasteiger partial charge in [-0.15, -0.1) is 0 Å². The van der Waals surface area contributed by atoms with Gasteiger partial charge in [0.15, 0.2) is 5.75 Å². The fourth-order valence-electron chi connectivity index (χ4n) is 2.74. The van der Waals surface area contributed by atoms with E-state index in [-0.39, 0.29) is 50.8 Å². The van der Waals surface area contributed by atoms with E-state index in [0.29, 0.717) is 10.0 Å². The van der Waals surface area contributed by atoms with Gasteiger partial charge in [0.2, 0.25) is 10.0 Å². The number of morpholine rings is 1. The van der Waals surface area contributed by atoms with Crippen LogP contribution in [0.4, 0.5) is 4.39 Å². The summed E-state index contributed by atoms with van der Waals surface area (Å²) in [5, 5.41) is 0.621. The molecule has 0 spiro atoms. The lowest BCUT2D eigenvalue weighted by molar-refractivity contribution is 0.0450. The molecule has 30 heavy (non-hydrogen) atoms. The molecule has 162 valence electrons. The molecule has 0 aromatic heterocycles. The molecule has 0 atom stereocenters. The van der Waals surface area contributed by atoms with Gasteiger partial charge in [-0.1, -0.05) is 29.3 Å². The van der Waals surface area contributed by atoms with Gasteiger partial charge in [-0.05, 0) is 30.3 Å². The molecule has 2 aromatic carbocycles. The Hall–Kier alpha value is -1.91. The Balaban J connectivity index is 1.64. The summed E-state index contributed by atoms with van der Waals surface area (Å²) in [6, 6.07) is 7.90. The van der Waals surface area contributed by atoms with Crippen molar-refractivity contribution in [2.45, 2.75) is 4.90 Å². The van der Waals surface area contributed by atoms with E-state index < -0.39 is 26.7 Å². The first-order valence-corrected chi connectivity index (χ1v) is 11.1. The number of sulfonamides is 1. The highest BCUT2D eigenvalue weighted by atomic mass is 35.5. The van der Waals surface area contributed by atoms with Crippen LogP contribution in [0.2, 0.25) is 10.0 Å². The SMILES string of the molecule is O=C(OCCOc1c(Cl)cccc1Cl)c1ccc(F)c(S(=O)(=O)N2CCOCC2)c1. The van der Waals surface area contributed by atoms with Gasteiger partial charge >= 0.3 is 5.97 Å². The number of esters is 1. The second kappa shape index (κ2) is 9.93. The molecular weight excluding hydrogens is 460 g/mol. The third-order valence-electron chi connectivity index (χ3n) is 4.24. The quantitative estimate of drug-likeness (QED) is 0.449. The van der Waals surface area contributed by atoms with E-state index in [9.17, 15) is 17.6 Å². The predicted molar refractivity (Wildman–Crippen MR) is 108 cm³/mol. The summed E-state index contributed by atoms with van der Waals surface area (Å²) in [7, 11) is -4.10. The van der Waals surface area contributed by atoms with Crippen LogP contribution in [0, 0.1) is 5.82 Å². The minimum Gasteiger partial charge on any atom is -0.487 e. The van der Waals surface area contributed by atoms with Crippen LogP contribution in [0.3, 0.4) is 0 Å². The zero-order valence-electron chi connectivity index (χ0n) is 15.6. The molecule has 1 aliphatic heterocycles. The molecule has 1 aliphatic rings.